The van der Waals surface area contributed by atoms with Crippen LogP contribution in [0.2, 0.25) is 0 Å². The summed E-state index contributed by atoms with van der Waals surface area (Å²) in [4.78, 5) is 4.29. The number of hydrogen-bond donors (Lipinski definition) is 1. The van der Waals surface area contributed by atoms with Gasteiger partial charge in [0.05, 0.1) is 6.54 Å². The van der Waals surface area contributed by atoms with Gasteiger partial charge >= 0.3 is 0 Å². The fraction of sp³-hybridized carbons (Fsp3) is 0.545. The molecule has 6 nitrogen and oxygen atoms in total. The molecule has 2 aromatic rings. The molecule has 0 spiro atoms. The first-order chi connectivity index (χ1) is 8.33. The molecule has 0 radical (unpaired) electrons. The third-order valence-electron chi connectivity index (χ3n) is 2.45. The Balaban J connectivity index is 2.04. The molecule has 0 unspecified atom stereocenters. The first-order valence-electron chi connectivity index (χ1n) is 5.85. The molecule has 2 rings (SSSR count). The first-order valence-corrected chi connectivity index (χ1v) is 5.85. The Hall–Kier alpha value is -1.69. The Labute approximate surface area is 100 Å². The second kappa shape index (κ2) is 5.58. The van der Waals surface area contributed by atoms with E-state index in [0.717, 1.165) is 25.3 Å². The van der Waals surface area contributed by atoms with Crippen molar-refractivity contribution in [1.29, 1.82) is 0 Å². The van der Waals surface area contributed by atoms with E-state index in [1.165, 1.54) is 0 Å². The van der Waals surface area contributed by atoms with Crippen molar-refractivity contribution in [1.82, 2.24) is 25.1 Å². The molecule has 0 amide bonds. The minimum Gasteiger partial charge on any atom is -0.423 e. The van der Waals surface area contributed by atoms with Gasteiger partial charge < -0.3 is 14.3 Å². The monoisotopic (exact) mass is 235 g/mol. The number of aryl methyl sites for hydroxylation is 1. The molecule has 0 saturated heterocycles. The van der Waals surface area contributed by atoms with Gasteiger partial charge in [-0.3, -0.25) is 0 Å². The highest BCUT2D eigenvalue weighted by Gasteiger charge is 2.08. The summed E-state index contributed by atoms with van der Waals surface area (Å²) in [6.07, 6.45) is 4.47. The molecule has 92 valence electrons. The van der Waals surface area contributed by atoms with Crippen LogP contribution in [-0.4, -0.2) is 26.3 Å². The number of imidazole rings is 1. The molecular weight excluding hydrogens is 218 g/mol. The van der Waals surface area contributed by atoms with E-state index in [2.05, 4.69) is 27.4 Å². The molecule has 0 aliphatic carbocycles. The summed E-state index contributed by atoms with van der Waals surface area (Å²) < 4.78 is 7.48. The van der Waals surface area contributed by atoms with Gasteiger partial charge in [0, 0.05) is 18.8 Å². The summed E-state index contributed by atoms with van der Waals surface area (Å²) in [5, 5.41) is 11.2. The minimum atomic E-state index is 0.577. The topological polar surface area (TPSA) is 68.8 Å². The van der Waals surface area contributed by atoms with E-state index < -0.39 is 0 Å². The molecule has 0 aliphatic rings. The van der Waals surface area contributed by atoms with Crippen LogP contribution in [0.4, 0.5) is 0 Å². The number of nitrogens with one attached hydrogen (secondary N) is 1. The van der Waals surface area contributed by atoms with Crippen LogP contribution >= 0.6 is 0 Å². The van der Waals surface area contributed by atoms with Gasteiger partial charge in [-0.2, -0.15) is 0 Å². The SMILES string of the molecule is CCNCc1nccn1Cc1nnc(CC)o1. The zero-order valence-electron chi connectivity index (χ0n) is 10.2. The fourth-order valence-electron chi connectivity index (χ4n) is 1.53. The van der Waals surface area contributed by atoms with Crippen LogP contribution in [0.5, 0.6) is 0 Å². The van der Waals surface area contributed by atoms with Crippen molar-refractivity contribution in [2.75, 3.05) is 6.54 Å². The summed E-state index contributed by atoms with van der Waals surface area (Å²) in [5.41, 5.74) is 0. The van der Waals surface area contributed by atoms with Gasteiger partial charge in [-0.05, 0) is 6.54 Å². The fourth-order valence-corrected chi connectivity index (χ4v) is 1.53. The lowest BCUT2D eigenvalue weighted by Crippen LogP contribution is -2.16. The number of nitrogens with zero attached hydrogens (tertiary/aromatic N) is 4. The van der Waals surface area contributed by atoms with Crippen LogP contribution in [0.1, 0.15) is 31.5 Å². The van der Waals surface area contributed by atoms with Gasteiger partial charge in [0.25, 0.3) is 0 Å². The van der Waals surface area contributed by atoms with Crippen molar-refractivity contribution in [3.63, 3.8) is 0 Å². The van der Waals surface area contributed by atoms with E-state index >= 15 is 0 Å². The van der Waals surface area contributed by atoms with Gasteiger partial charge in [-0.1, -0.05) is 13.8 Å². The molecule has 0 aromatic carbocycles. The third kappa shape index (κ3) is 2.91. The highest BCUT2D eigenvalue weighted by Crippen LogP contribution is 2.05. The molecule has 1 N–H and O–H groups in total. The summed E-state index contributed by atoms with van der Waals surface area (Å²) in [6, 6.07) is 0. The Morgan fingerprint density at radius 1 is 1.29 bits per heavy atom. The zero-order valence-corrected chi connectivity index (χ0v) is 10.2. The molecule has 0 atom stereocenters. The lowest BCUT2D eigenvalue weighted by molar-refractivity contribution is 0.438. The first kappa shape index (κ1) is 11.8. The van der Waals surface area contributed by atoms with Crippen LogP contribution < -0.4 is 5.32 Å². The van der Waals surface area contributed by atoms with Gasteiger partial charge in [0.2, 0.25) is 11.8 Å². The predicted octanol–water partition coefficient (Wildman–Crippen LogP) is 0.986. The summed E-state index contributed by atoms with van der Waals surface area (Å²) in [5.74, 6) is 2.27. The van der Waals surface area contributed by atoms with Crippen LogP contribution in [0, 0.1) is 0 Å². The van der Waals surface area contributed by atoms with Crippen LogP contribution in [0.25, 0.3) is 0 Å². The second-order valence-corrected chi connectivity index (χ2v) is 3.69. The number of aromatic nitrogens is 4. The summed E-state index contributed by atoms with van der Waals surface area (Å²) >= 11 is 0. The molecular formula is C11H17N5O. The molecule has 17 heavy (non-hydrogen) atoms. The van der Waals surface area contributed by atoms with Gasteiger partial charge in [-0.15, -0.1) is 10.2 Å². The molecule has 6 heteroatoms. The largest absolute Gasteiger partial charge is 0.423 e. The van der Waals surface area contributed by atoms with Crippen molar-refractivity contribution in [3.05, 3.63) is 30.0 Å². The Bertz CT molecular complexity index is 462. The van der Waals surface area contributed by atoms with Crippen molar-refractivity contribution in [2.24, 2.45) is 0 Å². The van der Waals surface area contributed by atoms with Crippen molar-refractivity contribution < 1.29 is 4.42 Å². The molecule has 0 fully saturated rings. The van der Waals surface area contributed by atoms with Gasteiger partial charge in [-0.25, -0.2) is 4.98 Å². The van der Waals surface area contributed by atoms with Crippen molar-refractivity contribution in [3.8, 4) is 0 Å². The Kier molecular flexibility index (Phi) is 3.87. The zero-order chi connectivity index (χ0) is 12.1. The summed E-state index contributed by atoms with van der Waals surface area (Å²) in [6.45, 7) is 6.31. The molecule has 0 bridgehead atoms. The highest BCUT2D eigenvalue weighted by atomic mass is 16.4. The minimum absolute atomic E-state index is 0.577. The standard InChI is InChI=1S/C11H17N5O/c1-3-10-14-15-11(17-10)8-16-6-5-13-9(16)7-12-4-2/h5-6,12H,3-4,7-8H2,1-2H3. The van der Waals surface area contributed by atoms with E-state index in [-0.39, 0.29) is 0 Å². The smallest absolute Gasteiger partial charge is 0.236 e. The average Bonchev–Trinajstić information content (AvgIpc) is 2.96. The lowest BCUT2D eigenvalue weighted by Gasteiger charge is -2.05. The number of hydrogen-bond acceptors (Lipinski definition) is 5. The molecule has 2 aromatic heterocycles. The van der Waals surface area contributed by atoms with E-state index in [4.69, 9.17) is 4.42 Å². The van der Waals surface area contributed by atoms with Crippen LogP contribution in [0.3, 0.4) is 0 Å². The van der Waals surface area contributed by atoms with Crippen LogP contribution in [0.15, 0.2) is 16.8 Å². The predicted molar refractivity (Wildman–Crippen MR) is 62.4 cm³/mol. The highest BCUT2D eigenvalue weighted by molar-refractivity contribution is 4.95. The summed E-state index contributed by atoms with van der Waals surface area (Å²) in [7, 11) is 0. The molecule has 0 saturated carbocycles. The van der Waals surface area contributed by atoms with E-state index in [1.807, 2.05) is 17.7 Å². The molecule has 2 heterocycles. The van der Waals surface area contributed by atoms with Gasteiger partial charge in [0.1, 0.15) is 12.4 Å². The lowest BCUT2D eigenvalue weighted by atomic mass is 10.5. The Morgan fingerprint density at radius 2 is 2.12 bits per heavy atom. The van der Waals surface area contributed by atoms with Crippen molar-refractivity contribution in [2.45, 2.75) is 33.4 Å². The Morgan fingerprint density at radius 3 is 2.82 bits per heavy atom. The maximum absolute atomic E-state index is 5.47. The van der Waals surface area contributed by atoms with E-state index in [1.54, 1.807) is 6.20 Å². The van der Waals surface area contributed by atoms with E-state index in [0.29, 0.717) is 18.3 Å². The normalized spacial score (nSPS) is 10.9. The maximum Gasteiger partial charge on any atom is 0.236 e. The van der Waals surface area contributed by atoms with Crippen molar-refractivity contribution >= 4 is 0 Å². The molecule has 0 aliphatic heterocycles. The maximum atomic E-state index is 5.47. The average molecular weight is 235 g/mol. The second-order valence-electron chi connectivity index (χ2n) is 3.69. The quantitative estimate of drug-likeness (QED) is 0.808. The third-order valence-corrected chi connectivity index (χ3v) is 2.45. The van der Waals surface area contributed by atoms with Gasteiger partial charge in [0.15, 0.2) is 0 Å². The van der Waals surface area contributed by atoms with Crippen LogP contribution in [-0.2, 0) is 19.5 Å². The number of rotatable bonds is 6. The van der Waals surface area contributed by atoms with E-state index in [9.17, 15) is 0 Å².